The van der Waals surface area contributed by atoms with Gasteiger partial charge < -0.3 is 15.4 Å². The van der Waals surface area contributed by atoms with E-state index in [4.69, 9.17) is 10.5 Å². The van der Waals surface area contributed by atoms with Gasteiger partial charge >= 0.3 is 0 Å². The Labute approximate surface area is 108 Å². The van der Waals surface area contributed by atoms with Crippen molar-refractivity contribution in [3.8, 4) is 0 Å². The minimum atomic E-state index is 0.0483. The van der Waals surface area contributed by atoms with Gasteiger partial charge in [0.2, 0.25) is 0 Å². The standard InChI is InChI=1S/C14H20N2O2/c1-10-6-11(8-12(15)7-10)14(17)16-5-3-4-13(9-16)18-2/h6-8,13H,3-5,9,15H2,1-2H3. The second-order valence-electron chi connectivity index (χ2n) is 4.88. The average Bonchev–Trinajstić information content (AvgIpc) is 2.37. The molecule has 0 aliphatic carbocycles. The van der Waals surface area contributed by atoms with Gasteiger partial charge in [0.05, 0.1) is 6.10 Å². The van der Waals surface area contributed by atoms with E-state index in [9.17, 15) is 4.79 Å². The summed E-state index contributed by atoms with van der Waals surface area (Å²) in [7, 11) is 1.70. The molecule has 1 aliphatic heterocycles. The van der Waals surface area contributed by atoms with Crippen molar-refractivity contribution >= 4 is 11.6 Å². The van der Waals surface area contributed by atoms with Gasteiger partial charge in [-0.05, 0) is 43.5 Å². The quantitative estimate of drug-likeness (QED) is 0.812. The molecule has 0 radical (unpaired) electrons. The lowest BCUT2D eigenvalue weighted by molar-refractivity contribution is 0.0269. The third kappa shape index (κ3) is 2.82. The first kappa shape index (κ1) is 12.9. The predicted molar refractivity (Wildman–Crippen MR) is 71.5 cm³/mol. The summed E-state index contributed by atoms with van der Waals surface area (Å²) in [6.07, 6.45) is 2.17. The molecule has 1 saturated heterocycles. The van der Waals surface area contributed by atoms with Crippen molar-refractivity contribution in [1.29, 1.82) is 0 Å². The van der Waals surface area contributed by atoms with Crippen molar-refractivity contribution < 1.29 is 9.53 Å². The van der Waals surface area contributed by atoms with Crippen molar-refractivity contribution in [2.24, 2.45) is 0 Å². The van der Waals surface area contributed by atoms with Crippen molar-refractivity contribution in [1.82, 2.24) is 4.90 Å². The molecule has 1 aromatic rings. The summed E-state index contributed by atoms with van der Waals surface area (Å²) in [6, 6.07) is 5.49. The van der Waals surface area contributed by atoms with Gasteiger partial charge in [-0.15, -0.1) is 0 Å². The van der Waals surface area contributed by atoms with Crippen LogP contribution >= 0.6 is 0 Å². The first-order valence-corrected chi connectivity index (χ1v) is 6.29. The molecule has 1 atom stereocenters. The molecule has 18 heavy (non-hydrogen) atoms. The highest BCUT2D eigenvalue weighted by Crippen LogP contribution is 2.18. The number of rotatable bonds is 2. The Kier molecular flexibility index (Phi) is 3.87. The Morgan fingerprint density at radius 3 is 2.89 bits per heavy atom. The number of ether oxygens (including phenoxy) is 1. The number of piperidine rings is 1. The zero-order valence-electron chi connectivity index (χ0n) is 11.0. The van der Waals surface area contributed by atoms with E-state index in [2.05, 4.69) is 0 Å². The van der Waals surface area contributed by atoms with E-state index in [1.807, 2.05) is 24.0 Å². The normalized spacial score (nSPS) is 19.9. The summed E-state index contributed by atoms with van der Waals surface area (Å²) in [6.45, 7) is 3.41. The number of likely N-dealkylation sites (tertiary alicyclic amines) is 1. The third-order valence-corrected chi connectivity index (χ3v) is 3.35. The molecule has 0 bridgehead atoms. The fourth-order valence-electron chi connectivity index (χ4n) is 2.43. The topological polar surface area (TPSA) is 55.6 Å². The molecule has 1 fully saturated rings. The monoisotopic (exact) mass is 248 g/mol. The Balaban J connectivity index is 2.15. The summed E-state index contributed by atoms with van der Waals surface area (Å²) in [5.41, 5.74) is 8.11. The summed E-state index contributed by atoms with van der Waals surface area (Å²) < 4.78 is 5.34. The summed E-state index contributed by atoms with van der Waals surface area (Å²) in [5.74, 6) is 0.0483. The van der Waals surface area contributed by atoms with Crippen LogP contribution in [0.5, 0.6) is 0 Å². The Bertz CT molecular complexity index is 425. The van der Waals surface area contributed by atoms with E-state index < -0.39 is 0 Å². The minimum absolute atomic E-state index is 0.0483. The molecule has 1 heterocycles. The molecule has 1 amide bonds. The van der Waals surface area contributed by atoms with Gasteiger partial charge in [-0.3, -0.25) is 4.79 Å². The van der Waals surface area contributed by atoms with Crippen LogP contribution in [0.15, 0.2) is 18.2 Å². The molecule has 4 nitrogen and oxygen atoms in total. The number of hydrogen-bond donors (Lipinski definition) is 1. The number of methoxy groups -OCH3 is 1. The van der Waals surface area contributed by atoms with Gasteiger partial charge in [-0.2, -0.15) is 0 Å². The maximum absolute atomic E-state index is 12.4. The van der Waals surface area contributed by atoms with Crippen LogP contribution in [0.1, 0.15) is 28.8 Å². The van der Waals surface area contributed by atoms with Crippen LogP contribution in [-0.2, 0) is 4.74 Å². The Morgan fingerprint density at radius 1 is 1.44 bits per heavy atom. The Morgan fingerprint density at radius 2 is 2.22 bits per heavy atom. The second-order valence-corrected chi connectivity index (χ2v) is 4.88. The van der Waals surface area contributed by atoms with Gasteiger partial charge in [0, 0.05) is 31.5 Å². The van der Waals surface area contributed by atoms with Crippen LogP contribution in [0.25, 0.3) is 0 Å². The lowest BCUT2D eigenvalue weighted by atomic mass is 10.0. The summed E-state index contributed by atoms with van der Waals surface area (Å²) in [5, 5.41) is 0. The molecule has 2 rings (SSSR count). The molecular weight excluding hydrogens is 228 g/mol. The van der Waals surface area contributed by atoms with Crippen LogP contribution in [0.3, 0.4) is 0 Å². The molecule has 0 aromatic heterocycles. The zero-order chi connectivity index (χ0) is 13.1. The van der Waals surface area contributed by atoms with E-state index in [0.29, 0.717) is 17.8 Å². The molecular formula is C14H20N2O2. The van der Waals surface area contributed by atoms with Crippen LogP contribution in [0.4, 0.5) is 5.69 Å². The van der Waals surface area contributed by atoms with Crippen LogP contribution in [0, 0.1) is 6.92 Å². The third-order valence-electron chi connectivity index (χ3n) is 3.35. The van der Waals surface area contributed by atoms with Gasteiger partial charge in [-0.1, -0.05) is 0 Å². The highest BCUT2D eigenvalue weighted by molar-refractivity contribution is 5.95. The fourth-order valence-corrected chi connectivity index (χ4v) is 2.43. The van der Waals surface area contributed by atoms with Gasteiger partial charge in [-0.25, -0.2) is 0 Å². The lowest BCUT2D eigenvalue weighted by Crippen LogP contribution is -2.42. The maximum atomic E-state index is 12.4. The number of nitrogen functional groups attached to an aromatic ring is 1. The van der Waals surface area contributed by atoms with Crippen molar-refractivity contribution in [2.45, 2.75) is 25.9 Å². The van der Waals surface area contributed by atoms with Crippen molar-refractivity contribution in [3.63, 3.8) is 0 Å². The number of anilines is 1. The zero-order valence-corrected chi connectivity index (χ0v) is 11.0. The average molecular weight is 248 g/mol. The van der Waals surface area contributed by atoms with E-state index in [1.54, 1.807) is 13.2 Å². The highest BCUT2D eigenvalue weighted by Gasteiger charge is 2.24. The molecule has 1 unspecified atom stereocenters. The Hall–Kier alpha value is -1.55. The molecule has 1 aromatic carbocycles. The van der Waals surface area contributed by atoms with Gasteiger partial charge in [0.15, 0.2) is 0 Å². The maximum Gasteiger partial charge on any atom is 0.254 e. The summed E-state index contributed by atoms with van der Waals surface area (Å²) >= 11 is 0. The molecule has 98 valence electrons. The van der Waals surface area contributed by atoms with Crippen molar-refractivity contribution in [2.75, 3.05) is 25.9 Å². The van der Waals surface area contributed by atoms with Crippen LogP contribution < -0.4 is 5.73 Å². The van der Waals surface area contributed by atoms with Crippen LogP contribution in [0.2, 0.25) is 0 Å². The molecule has 1 aliphatic rings. The van der Waals surface area contributed by atoms with E-state index in [1.165, 1.54) is 0 Å². The largest absolute Gasteiger partial charge is 0.399 e. The van der Waals surface area contributed by atoms with Crippen LogP contribution in [-0.4, -0.2) is 37.1 Å². The molecule has 0 spiro atoms. The van der Waals surface area contributed by atoms with E-state index in [-0.39, 0.29) is 12.0 Å². The first-order chi connectivity index (χ1) is 8.60. The number of carbonyl (C=O) groups excluding carboxylic acids is 1. The van der Waals surface area contributed by atoms with Gasteiger partial charge in [0.25, 0.3) is 5.91 Å². The molecule has 0 saturated carbocycles. The van der Waals surface area contributed by atoms with E-state index >= 15 is 0 Å². The number of aryl methyl sites for hydroxylation is 1. The number of benzene rings is 1. The molecule has 2 N–H and O–H groups in total. The first-order valence-electron chi connectivity index (χ1n) is 6.29. The van der Waals surface area contributed by atoms with Crippen molar-refractivity contribution in [3.05, 3.63) is 29.3 Å². The minimum Gasteiger partial charge on any atom is -0.399 e. The smallest absolute Gasteiger partial charge is 0.254 e. The lowest BCUT2D eigenvalue weighted by Gasteiger charge is -2.32. The number of nitrogens with zero attached hydrogens (tertiary/aromatic N) is 1. The number of hydrogen-bond acceptors (Lipinski definition) is 3. The second kappa shape index (κ2) is 5.40. The SMILES string of the molecule is COC1CCCN(C(=O)c2cc(C)cc(N)c2)C1. The fraction of sp³-hybridized carbons (Fsp3) is 0.500. The highest BCUT2D eigenvalue weighted by atomic mass is 16.5. The number of amides is 1. The summed E-state index contributed by atoms with van der Waals surface area (Å²) in [4.78, 5) is 14.2. The number of carbonyl (C=O) groups is 1. The van der Waals surface area contributed by atoms with E-state index in [0.717, 1.165) is 24.9 Å². The predicted octanol–water partition coefficient (Wildman–Crippen LogP) is 1.83. The van der Waals surface area contributed by atoms with Gasteiger partial charge in [0.1, 0.15) is 0 Å². The molecule has 4 heteroatoms. The number of nitrogens with two attached hydrogens (primary N) is 1.